The molecule has 0 bridgehead atoms. The Morgan fingerprint density at radius 2 is 1.86 bits per heavy atom. The van der Waals surface area contributed by atoms with Gasteiger partial charge in [0.2, 0.25) is 5.95 Å². The molecule has 0 N–H and O–H groups in total. The number of hydrogen-bond acceptors (Lipinski definition) is 4. The molecular formula is C20H11Cl2FN4O2. The van der Waals surface area contributed by atoms with Crippen molar-refractivity contribution in [2.45, 2.75) is 12.5 Å². The maximum atomic E-state index is 13.8. The number of anilines is 2. The van der Waals surface area contributed by atoms with Gasteiger partial charge in [0.1, 0.15) is 11.7 Å². The average molecular weight is 429 g/mol. The quantitative estimate of drug-likeness (QED) is 0.453. The number of halogens is 3. The smallest absolute Gasteiger partial charge is 0.257 e. The van der Waals surface area contributed by atoms with Crippen LogP contribution in [0.1, 0.15) is 27.7 Å². The Labute approximate surface area is 174 Å². The van der Waals surface area contributed by atoms with Gasteiger partial charge in [0.15, 0.2) is 12.1 Å². The van der Waals surface area contributed by atoms with E-state index in [2.05, 4.69) is 4.98 Å². The molecule has 0 fully saturated rings. The molecular weight excluding hydrogens is 418 g/mol. The summed E-state index contributed by atoms with van der Waals surface area (Å²) in [5, 5.41) is 8.48. The second-order valence-corrected chi connectivity index (χ2v) is 7.21. The lowest BCUT2D eigenvalue weighted by atomic mass is 10.0. The Balaban J connectivity index is 1.78. The highest BCUT2D eigenvalue weighted by atomic mass is 35.5. The summed E-state index contributed by atoms with van der Waals surface area (Å²) in [6, 6.07) is 10.7. The van der Waals surface area contributed by atoms with Crippen LogP contribution in [0.3, 0.4) is 0 Å². The van der Waals surface area contributed by atoms with E-state index in [-0.39, 0.29) is 39.7 Å². The monoisotopic (exact) mass is 428 g/mol. The highest BCUT2D eigenvalue weighted by molar-refractivity contribution is 6.35. The normalized spacial score (nSPS) is 15.3. The number of nitrogens with zero attached hydrogens (tertiary/aromatic N) is 4. The fraction of sp³-hybridized carbons (Fsp3) is 0.100. The average Bonchev–Trinajstić information content (AvgIpc) is 3.24. The predicted molar refractivity (Wildman–Crippen MR) is 105 cm³/mol. The van der Waals surface area contributed by atoms with E-state index in [1.165, 1.54) is 27.8 Å². The molecule has 0 radical (unpaired) electrons. The van der Waals surface area contributed by atoms with Crippen molar-refractivity contribution in [3.8, 4) is 6.07 Å². The first-order valence-corrected chi connectivity index (χ1v) is 9.20. The van der Waals surface area contributed by atoms with E-state index < -0.39 is 11.9 Å². The van der Waals surface area contributed by atoms with Gasteiger partial charge in [-0.05, 0) is 29.8 Å². The molecule has 1 aromatic heterocycles. The lowest BCUT2D eigenvalue weighted by Crippen LogP contribution is -2.26. The van der Waals surface area contributed by atoms with Gasteiger partial charge in [-0.2, -0.15) is 5.26 Å². The van der Waals surface area contributed by atoms with Gasteiger partial charge in [-0.3, -0.25) is 14.2 Å². The number of fused-ring (bicyclic) bond motifs is 1. The highest BCUT2D eigenvalue weighted by Crippen LogP contribution is 2.40. The molecule has 144 valence electrons. The van der Waals surface area contributed by atoms with E-state index in [1.807, 2.05) is 6.07 Å². The Kier molecular flexibility index (Phi) is 4.82. The molecule has 9 heteroatoms. The van der Waals surface area contributed by atoms with Crippen molar-refractivity contribution >= 4 is 47.0 Å². The molecule has 1 amide bonds. The van der Waals surface area contributed by atoms with Crippen molar-refractivity contribution in [2.75, 3.05) is 4.90 Å². The number of carbonyl (C=O) groups is 2. The van der Waals surface area contributed by atoms with E-state index in [1.54, 1.807) is 24.3 Å². The van der Waals surface area contributed by atoms with Gasteiger partial charge in [0.25, 0.3) is 5.91 Å². The zero-order valence-corrected chi connectivity index (χ0v) is 16.2. The van der Waals surface area contributed by atoms with Gasteiger partial charge in [-0.25, -0.2) is 14.3 Å². The number of aromatic nitrogens is 2. The van der Waals surface area contributed by atoms with E-state index in [9.17, 15) is 14.0 Å². The zero-order chi connectivity index (χ0) is 20.7. The molecule has 1 unspecified atom stereocenters. The number of benzene rings is 2. The number of carbonyl (C=O) groups excluding carboxylic acids is 2. The van der Waals surface area contributed by atoms with E-state index in [4.69, 9.17) is 28.5 Å². The second kappa shape index (κ2) is 7.32. The Bertz CT molecular complexity index is 1160. The molecule has 1 atom stereocenters. The van der Waals surface area contributed by atoms with Crippen LogP contribution in [0.4, 0.5) is 16.0 Å². The lowest BCUT2D eigenvalue weighted by Gasteiger charge is -2.17. The van der Waals surface area contributed by atoms with Crippen molar-refractivity contribution in [1.82, 2.24) is 9.55 Å². The highest BCUT2D eigenvalue weighted by Gasteiger charge is 2.41. The van der Waals surface area contributed by atoms with E-state index in [0.717, 1.165) is 5.56 Å². The molecule has 29 heavy (non-hydrogen) atoms. The summed E-state index contributed by atoms with van der Waals surface area (Å²) < 4.78 is 15.3. The number of imidazole rings is 1. The van der Waals surface area contributed by atoms with Crippen LogP contribution < -0.4 is 4.90 Å². The summed E-state index contributed by atoms with van der Waals surface area (Å²) >= 11 is 11.8. The van der Waals surface area contributed by atoms with Crippen molar-refractivity contribution in [3.63, 3.8) is 0 Å². The summed E-state index contributed by atoms with van der Waals surface area (Å²) in [6.45, 7) is 0. The topological polar surface area (TPSA) is 79.0 Å². The Morgan fingerprint density at radius 1 is 1.21 bits per heavy atom. The molecule has 6 nitrogen and oxygen atoms in total. The summed E-state index contributed by atoms with van der Waals surface area (Å²) in [4.78, 5) is 30.2. The maximum absolute atomic E-state index is 13.8. The fourth-order valence-corrected chi connectivity index (χ4v) is 3.80. The molecule has 1 aliphatic rings. The molecule has 1 aliphatic heterocycles. The largest absolute Gasteiger partial charge is 0.296 e. The first-order chi connectivity index (χ1) is 13.9. The predicted octanol–water partition coefficient (Wildman–Crippen LogP) is 4.48. The number of rotatable bonds is 4. The Morgan fingerprint density at radius 3 is 2.45 bits per heavy atom. The van der Waals surface area contributed by atoms with Crippen molar-refractivity contribution in [2.24, 2.45) is 0 Å². The molecule has 0 aliphatic carbocycles. The number of amides is 1. The summed E-state index contributed by atoms with van der Waals surface area (Å²) in [7, 11) is 0. The third-order valence-electron chi connectivity index (χ3n) is 4.68. The van der Waals surface area contributed by atoms with Crippen LogP contribution in [0.15, 0.2) is 42.6 Å². The number of aldehydes is 1. The summed E-state index contributed by atoms with van der Waals surface area (Å²) in [5.74, 6) is -0.927. The van der Waals surface area contributed by atoms with Gasteiger partial charge in [-0.15, -0.1) is 0 Å². The standard InChI is InChI=1S/C20H11Cl2FN4O2/c21-15-6-13(7-16(22)18(15)23)27-19(29)17(26-14(10-28)9-25-20(26)27)5-11-1-3-12(8-24)4-2-11/h1-4,6-7,9-10,17H,5H2. The maximum Gasteiger partial charge on any atom is 0.257 e. The first-order valence-electron chi connectivity index (χ1n) is 8.44. The van der Waals surface area contributed by atoms with E-state index in [0.29, 0.717) is 11.8 Å². The van der Waals surface area contributed by atoms with Crippen LogP contribution in [-0.2, 0) is 11.2 Å². The molecule has 0 saturated heterocycles. The molecule has 3 aromatic rings. The van der Waals surface area contributed by atoms with E-state index >= 15 is 0 Å². The SMILES string of the molecule is N#Cc1ccc(CC2C(=O)N(c3cc(Cl)c(F)c(Cl)c3)c3ncc(C=O)n32)cc1. The third-order valence-corrected chi connectivity index (χ3v) is 5.23. The molecule has 2 heterocycles. The van der Waals surface area contributed by atoms with Gasteiger partial charge in [-0.1, -0.05) is 35.3 Å². The minimum absolute atomic E-state index is 0.217. The molecule has 0 spiro atoms. The number of hydrogen-bond donors (Lipinski definition) is 0. The number of nitriles is 1. The van der Waals surface area contributed by atoms with Crippen molar-refractivity contribution < 1.29 is 14.0 Å². The first kappa shape index (κ1) is 19.1. The Hall–Kier alpha value is -3.21. The van der Waals surface area contributed by atoms with Crippen LogP contribution in [0.2, 0.25) is 10.0 Å². The van der Waals surface area contributed by atoms with Crippen LogP contribution >= 0.6 is 23.2 Å². The van der Waals surface area contributed by atoms with Crippen molar-refractivity contribution in [1.29, 1.82) is 5.26 Å². The molecule has 2 aromatic carbocycles. The van der Waals surface area contributed by atoms with Crippen LogP contribution in [0.25, 0.3) is 0 Å². The lowest BCUT2D eigenvalue weighted by molar-refractivity contribution is -0.119. The fourth-order valence-electron chi connectivity index (χ4n) is 3.32. The van der Waals surface area contributed by atoms with Crippen LogP contribution in [-0.4, -0.2) is 21.7 Å². The van der Waals surface area contributed by atoms with Crippen LogP contribution in [0.5, 0.6) is 0 Å². The van der Waals surface area contributed by atoms with Crippen LogP contribution in [0, 0.1) is 17.1 Å². The van der Waals surface area contributed by atoms with Gasteiger partial charge in [0.05, 0.1) is 33.6 Å². The molecule has 4 rings (SSSR count). The van der Waals surface area contributed by atoms with Crippen molar-refractivity contribution in [3.05, 3.63) is 75.3 Å². The zero-order valence-electron chi connectivity index (χ0n) is 14.6. The van der Waals surface area contributed by atoms with Gasteiger partial charge >= 0.3 is 0 Å². The minimum atomic E-state index is -0.783. The van der Waals surface area contributed by atoms with Gasteiger partial charge < -0.3 is 0 Å². The third kappa shape index (κ3) is 3.16. The summed E-state index contributed by atoms with van der Waals surface area (Å²) in [6.07, 6.45) is 2.25. The molecule has 0 saturated carbocycles. The summed E-state index contributed by atoms with van der Waals surface area (Å²) in [5.41, 5.74) is 1.78. The second-order valence-electron chi connectivity index (χ2n) is 6.40. The van der Waals surface area contributed by atoms with Gasteiger partial charge in [0, 0.05) is 6.42 Å². The minimum Gasteiger partial charge on any atom is -0.296 e.